The fourth-order valence-corrected chi connectivity index (χ4v) is 3.65. The minimum Gasteiger partial charge on any atom is -0.343 e. The number of piperazine rings is 1. The molecule has 0 bridgehead atoms. The van der Waals surface area contributed by atoms with Gasteiger partial charge in [-0.05, 0) is 19.9 Å². The van der Waals surface area contributed by atoms with Crippen LogP contribution in [0.3, 0.4) is 0 Å². The predicted molar refractivity (Wildman–Crippen MR) is 115 cm³/mol. The minimum absolute atomic E-state index is 0.0688. The number of non-ortho nitro benzene ring substituents is 1. The van der Waals surface area contributed by atoms with Crippen molar-refractivity contribution in [2.45, 2.75) is 33.2 Å². The van der Waals surface area contributed by atoms with E-state index in [1.165, 1.54) is 18.2 Å². The first-order chi connectivity index (χ1) is 15.4. The number of carbonyl (C=O) groups excluding carboxylic acids is 2. The topological polar surface area (TPSA) is 126 Å². The molecule has 0 spiro atoms. The molecular formula is C21H28N6O5. The van der Waals surface area contributed by atoms with Crippen molar-refractivity contribution in [1.82, 2.24) is 24.8 Å². The first kappa shape index (κ1) is 23.3. The molecule has 0 saturated carbocycles. The number of amides is 2. The molecule has 11 nitrogen and oxygen atoms in total. The van der Waals surface area contributed by atoms with Crippen molar-refractivity contribution in [3.05, 3.63) is 51.7 Å². The molecule has 2 amide bonds. The van der Waals surface area contributed by atoms with E-state index >= 15 is 0 Å². The number of hydrogen-bond donors (Lipinski definition) is 0. The Morgan fingerprint density at radius 2 is 1.91 bits per heavy atom. The largest absolute Gasteiger partial charge is 0.343 e. The van der Waals surface area contributed by atoms with Crippen molar-refractivity contribution in [1.29, 1.82) is 0 Å². The highest BCUT2D eigenvalue weighted by molar-refractivity contribution is 5.94. The lowest BCUT2D eigenvalue weighted by Crippen LogP contribution is -2.48. The Labute approximate surface area is 186 Å². The molecule has 2 heterocycles. The molecule has 32 heavy (non-hydrogen) atoms. The molecule has 1 aromatic heterocycles. The maximum Gasteiger partial charge on any atom is 0.270 e. The lowest BCUT2D eigenvalue weighted by Gasteiger charge is -2.34. The van der Waals surface area contributed by atoms with Crippen LogP contribution in [0.1, 0.15) is 42.3 Å². The van der Waals surface area contributed by atoms with Gasteiger partial charge in [-0.15, -0.1) is 0 Å². The van der Waals surface area contributed by atoms with E-state index in [2.05, 4.69) is 15.0 Å². The zero-order valence-corrected chi connectivity index (χ0v) is 18.4. The second-order valence-corrected chi connectivity index (χ2v) is 7.55. The second-order valence-electron chi connectivity index (χ2n) is 7.55. The molecule has 172 valence electrons. The molecule has 3 rings (SSSR count). The molecule has 1 aromatic carbocycles. The number of benzene rings is 1. The number of rotatable bonds is 9. The Balaban J connectivity index is 1.47. The van der Waals surface area contributed by atoms with E-state index in [9.17, 15) is 19.7 Å². The van der Waals surface area contributed by atoms with Crippen LogP contribution in [0.5, 0.6) is 0 Å². The number of aryl methyl sites for hydroxylation is 1. The lowest BCUT2D eigenvalue weighted by atomic mass is 10.1. The summed E-state index contributed by atoms with van der Waals surface area (Å²) in [6.45, 7) is 8.02. The van der Waals surface area contributed by atoms with Gasteiger partial charge in [0.1, 0.15) is 0 Å². The van der Waals surface area contributed by atoms with E-state index in [-0.39, 0.29) is 17.5 Å². The van der Waals surface area contributed by atoms with Gasteiger partial charge in [-0.3, -0.25) is 24.6 Å². The third-order valence-electron chi connectivity index (χ3n) is 5.51. The molecule has 1 fully saturated rings. The summed E-state index contributed by atoms with van der Waals surface area (Å²) in [5.41, 5.74) is 0.218. The number of hydrogen-bond acceptors (Lipinski definition) is 8. The Hall–Kier alpha value is -3.34. The third kappa shape index (κ3) is 5.88. The number of nitrogens with zero attached hydrogens (tertiary/aromatic N) is 6. The Morgan fingerprint density at radius 1 is 1.19 bits per heavy atom. The third-order valence-corrected chi connectivity index (χ3v) is 5.51. The number of carbonyl (C=O) groups is 2. The van der Waals surface area contributed by atoms with Crippen LogP contribution in [0.4, 0.5) is 5.69 Å². The highest BCUT2D eigenvalue weighted by atomic mass is 16.6. The van der Waals surface area contributed by atoms with Gasteiger partial charge in [0.15, 0.2) is 5.82 Å². The SMILES string of the molecule is CCN(CC)C(=O)CCc1nc(CN2CCN(C(=O)c3cccc([N+](=O)[O-])c3)CC2)no1. The summed E-state index contributed by atoms with van der Waals surface area (Å²) in [5, 5.41) is 14.9. The number of nitro benzene ring substituents is 1. The molecule has 2 aromatic rings. The molecule has 1 aliphatic heterocycles. The van der Waals surface area contributed by atoms with Crippen molar-refractivity contribution in [2.75, 3.05) is 39.3 Å². The summed E-state index contributed by atoms with van der Waals surface area (Å²) in [7, 11) is 0. The normalized spacial score (nSPS) is 14.4. The molecule has 0 aliphatic carbocycles. The summed E-state index contributed by atoms with van der Waals surface area (Å²) in [6, 6.07) is 5.78. The second kappa shape index (κ2) is 10.8. The zero-order valence-electron chi connectivity index (χ0n) is 18.4. The molecule has 0 atom stereocenters. The van der Waals surface area contributed by atoms with Crippen LogP contribution in [0, 0.1) is 10.1 Å². The van der Waals surface area contributed by atoms with Gasteiger partial charge in [0, 0.05) is 69.8 Å². The standard InChI is InChI=1S/C21H28N6O5/c1-3-25(4-2)20(28)9-8-19-22-18(23-32-19)15-24-10-12-26(13-11-24)21(29)16-6-5-7-17(14-16)27(30)31/h5-7,14H,3-4,8-13,15H2,1-2H3. The van der Waals surface area contributed by atoms with Gasteiger partial charge in [0.05, 0.1) is 11.5 Å². The van der Waals surface area contributed by atoms with Crippen LogP contribution in [0.2, 0.25) is 0 Å². The van der Waals surface area contributed by atoms with Crippen molar-refractivity contribution in [3.8, 4) is 0 Å². The first-order valence-electron chi connectivity index (χ1n) is 10.8. The summed E-state index contributed by atoms with van der Waals surface area (Å²) in [4.78, 5) is 45.2. The van der Waals surface area contributed by atoms with Gasteiger partial charge in [-0.2, -0.15) is 4.98 Å². The summed E-state index contributed by atoms with van der Waals surface area (Å²) in [5.74, 6) is 0.848. The van der Waals surface area contributed by atoms with E-state index in [1.807, 2.05) is 13.8 Å². The average molecular weight is 444 g/mol. The van der Waals surface area contributed by atoms with Crippen LogP contribution < -0.4 is 0 Å². The van der Waals surface area contributed by atoms with Crippen LogP contribution in [0.15, 0.2) is 28.8 Å². The number of nitro groups is 1. The van der Waals surface area contributed by atoms with Gasteiger partial charge in [0.2, 0.25) is 11.8 Å². The molecule has 11 heteroatoms. The summed E-state index contributed by atoms with van der Waals surface area (Å²) >= 11 is 0. The van der Waals surface area contributed by atoms with Gasteiger partial charge >= 0.3 is 0 Å². The zero-order chi connectivity index (χ0) is 23.1. The molecule has 1 saturated heterocycles. The first-order valence-corrected chi connectivity index (χ1v) is 10.8. The van der Waals surface area contributed by atoms with Crippen LogP contribution in [-0.4, -0.2) is 80.8 Å². The minimum atomic E-state index is -0.507. The fraction of sp³-hybridized carbons (Fsp3) is 0.524. The summed E-state index contributed by atoms with van der Waals surface area (Å²) in [6.07, 6.45) is 0.746. The van der Waals surface area contributed by atoms with Crippen molar-refractivity contribution in [3.63, 3.8) is 0 Å². The van der Waals surface area contributed by atoms with Gasteiger partial charge in [-0.1, -0.05) is 11.2 Å². The van der Waals surface area contributed by atoms with Crippen LogP contribution in [0.25, 0.3) is 0 Å². The highest BCUT2D eigenvalue weighted by Gasteiger charge is 2.24. The monoisotopic (exact) mass is 444 g/mol. The van der Waals surface area contributed by atoms with E-state index in [0.717, 1.165) is 0 Å². The van der Waals surface area contributed by atoms with Crippen molar-refractivity contribution >= 4 is 17.5 Å². The average Bonchev–Trinajstić information content (AvgIpc) is 3.26. The van der Waals surface area contributed by atoms with E-state index in [0.29, 0.717) is 75.9 Å². The molecular weight excluding hydrogens is 416 g/mol. The van der Waals surface area contributed by atoms with Gasteiger partial charge in [-0.25, -0.2) is 0 Å². The van der Waals surface area contributed by atoms with Gasteiger partial charge in [0.25, 0.3) is 11.6 Å². The molecule has 1 aliphatic rings. The molecule has 0 unspecified atom stereocenters. The predicted octanol–water partition coefficient (Wildman–Crippen LogP) is 1.74. The maximum absolute atomic E-state index is 12.7. The number of aromatic nitrogens is 2. The Bertz CT molecular complexity index is 950. The van der Waals surface area contributed by atoms with Crippen LogP contribution in [-0.2, 0) is 17.8 Å². The Kier molecular flexibility index (Phi) is 7.87. The molecule has 0 N–H and O–H groups in total. The van der Waals surface area contributed by atoms with Crippen molar-refractivity contribution < 1.29 is 19.0 Å². The van der Waals surface area contributed by atoms with E-state index in [4.69, 9.17) is 4.52 Å². The quantitative estimate of drug-likeness (QED) is 0.423. The van der Waals surface area contributed by atoms with Gasteiger partial charge < -0.3 is 14.3 Å². The fourth-order valence-electron chi connectivity index (χ4n) is 3.65. The maximum atomic E-state index is 12.7. The lowest BCUT2D eigenvalue weighted by molar-refractivity contribution is -0.384. The van der Waals surface area contributed by atoms with Crippen molar-refractivity contribution in [2.24, 2.45) is 0 Å². The van der Waals surface area contributed by atoms with E-state index in [1.54, 1.807) is 15.9 Å². The molecule has 0 radical (unpaired) electrons. The Morgan fingerprint density at radius 3 is 2.56 bits per heavy atom. The van der Waals surface area contributed by atoms with Crippen LogP contribution >= 0.6 is 0 Å². The summed E-state index contributed by atoms with van der Waals surface area (Å²) < 4.78 is 5.27. The van der Waals surface area contributed by atoms with E-state index < -0.39 is 4.92 Å². The smallest absolute Gasteiger partial charge is 0.270 e. The highest BCUT2D eigenvalue weighted by Crippen LogP contribution is 2.16.